The highest BCUT2D eigenvalue weighted by molar-refractivity contribution is 5.50. The second-order valence-electron chi connectivity index (χ2n) is 8.44. The highest BCUT2D eigenvalue weighted by Gasteiger charge is 2.27. The Balaban J connectivity index is 1.45. The van der Waals surface area contributed by atoms with E-state index in [1.54, 1.807) is 7.11 Å². The fourth-order valence-electron chi connectivity index (χ4n) is 4.61. The van der Waals surface area contributed by atoms with Crippen molar-refractivity contribution in [3.8, 4) is 11.5 Å². The van der Waals surface area contributed by atoms with Gasteiger partial charge in [0.1, 0.15) is 11.5 Å². The summed E-state index contributed by atoms with van der Waals surface area (Å²) in [5.74, 6) is 2.30. The molecule has 0 spiro atoms. The number of morpholine rings is 1. The molecule has 2 aromatic carbocycles. The third-order valence-electron chi connectivity index (χ3n) is 6.38. The maximum atomic E-state index is 6.21. The van der Waals surface area contributed by atoms with Crippen LogP contribution in [0.3, 0.4) is 0 Å². The van der Waals surface area contributed by atoms with Crippen LogP contribution in [0.5, 0.6) is 11.5 Å². The molecule has 30 heavy (non-hydrogen) atoms. The Kier molecular flexibility index (Phi) is 6.93. The molecule has 1 saturated heterocycles. The Morgan fingerprint density at radius 3 is 2.57 bits per heavy atom. The number of fused-ring (bicyclic) bond motifs is 1. The Morgan fingerprint density at radius 2 is 1.83 bits per heavy atom. The Bertz CT molecular complexity index is 831. The van der Waals surface area contributed by atoms with E-state index in [1.165, 1.54) is 22.3 Å². The number of ether oxygens (including phenoxy) is 3. The molecule has 0 N–H and O–H groups in total. The Hall–Kier alpha value is -2.08. The fourth-order valence-corrected chi connectivity index (χ4v) is 4.61. The van der Waals surface area contributed by atoms with Gasteiger partial charge in [0.05, 0.1) is 26.9 Å². The molecule has 0 bridgehead atoms. The molecule has 162 valence electrons. The van der Waals surface area contributed by atoms with Gasteiger partial charge < -0.3 is 19.1 Å². The van der Waals surface area contributed by atoms with E-state index in [1.807, 2.05) is 0 Å². The molecule has 0 amide bonds. The van der Waals surface area contributed by atoms with Crippen LogP contribution in [0.4, 0.5) is 0 Å². The van der Waals surface area contributed by atoms with Gasteiger partial charge in [-0.1, -0.05) is 18.2 Å². The molecule has 0 aromatic heterocycles. The summed E-state index contributed by atoms with van der Waals surface area (Å²) in [5.41, 5.74) is 5.46. The van der Waals surface area contributed by atoms with Gasteiger partial charge in [-0.25, -0.2) is 0 Å². The van der Waals surface area contributed by atoms with Crippen molar-refractivity contribution in [1.82, 2.24) is 9.80 Å². The molecule has 2 heterocycles. The van der Waals surface area contributed by atoms with E-state index in [0.717, 1.165) is 70.5 Å². The molecule has 0 radical (unpaired) electrons. The molecular weight excluding hydrogens is 376 g/mol. The minimum atomic E-state index is 0.374. The van der Waals surface area contributed by atoms with Crippen LogP contribution in [0.15, 0.2) is 36.4 Å². The number of rotatable bonds is 7. The lowest BCUT2D eigenvalue weighted by Crippen LogP contribution is -2.37. The monoisotopic (exact) mass is 410 g/mol. The van der Waals surface area contributed by atoms with Crippen molar-refractivity contribution in [2.75, 3.05) is 60.2 Å². The van der Waals surface area contributed by atoms with Gasteiger partial charge in [0.15, 0.2) is 0 Å². The van der Waals surface area contributed by atoms with Crippen molar-refractivity contribution in [2.24, 2.45) is 0 Å². The predicted octanol–water partition coefficient (Wildman–Crippen LogP) is 3.68. The first kappa shape index (κ1) is 21.2. The van der Waals surface area contributed by atoms with E-state index in [9.17, 15) is 0 Å². The maximum absolute atomic E-state index is 6.21. The van der Waals surface area contributed by atoms with Gasteiger partial charge in [-0.05, 0) is 60.8 Å². The molecule has 5 nitrogen and oxygen atoms in total. The standard InChI is InChI=1S/C25H34N2O3/c1-19-23-17-26(2)18-24(20-5-7-21(28-3)8-6-20)22(23)9-10-25(19)30-14-4-11-27-12-15-29-16-13-27/h5-10,24H,4,11-18H2,1-3H3. The van der Waals surface area contributed by atoms with Crippen LogP contribution >= 0.6 is 0 Å². The smallest absolute Gasteiger partial charge is 0.122 e. The lowest BCUT2D eigenvalue weighted by atomic mass is 9.83. The zero-order valence-corrected chi connectivity index (χ0v) is 18.5. The van der Waals surface area contributed by atoms with Gasteiger partial charge in [0, 0.05) is 38.6 Å². The zero-order chi connectivity index (χ0) is 20.9. The first-order chi connectivity index (χ1) is 14.7. The summed E-state index contributed by atoms with van der Waals surface area (Å²) in [4.78, 5) is 4.87. The highest BCUT2D eigenvalue weighted by Crippen LogP contribution is 2.38. The molecule has 1 atom stereocenters. The van der Waals surface area contributed by atoms with Crippen LogP contribution in [0.25, 0.3) is 0 Å². The number of nitrogens with zero attached hydrogens (tertiary/aromatic N) is 2. The van der Waals surface area contributed by atoms with Gasteiger partial charge in [0.2, 0.25) is 0 Å². The fraction of sp³-hybridized carbons (Fsp3) is 0.520. The van der Waals surface area contributed by atoms with E-state index >= 15 is 0 Å². The molecular formula is C25H34N2O3. The van der Waals surface area contributed by atoms with E-state index < -0.39 is 0 Å². The maximum Gasteiger partial charge on any atom is 0.122 e. The molecule has 2 aromatic rings. The summed E-state index contributed by atoms with van der Waals surface area (Å²) in [5, 5.41) is 0. The minimum absolute atomic E-state index is 0.374. The Labute approximate surface area is 180 Å². The van der Waals surface area contributed by atoms with Crippen LogP contribution in [0.1, 0.15) is 34.6 Å². The van der Waals surface area contributed by atoms with E-state index in [-0.39, 0.29) is 0 Å². The number of hydrogen-bond acceptors (Lipinski definition) is 5. The lowest BCUT2D eigenvalue weighted by molar-refractivity contribution is 0.0358. The third-order valence-corrected chi connectivity index (χ3v) is 6.38. The molecule has 1 unspecified atom stereocenters. The third kappa shape index (κ3) is 4.80. The van der Waals surface area contributed by atoms with Gasteiger partial charge in [-0.15, -0.1) is 0 Å². The average Bonchev–Trinajstić information content (AvgIpc) is 2.78. The molecule has 2 aliphatic rings. The van der Waals surface area contributed by atoms with Gasteiger partial charge >= 0.3 is 0 Å². The molecule has 5 heteroatoms. The Morgan fingerprint density at radius 1 is 1.07 bits per heavy atom. The largest absolute Gasteiger partial charge is 0.497 e. The minimum Gasteiger partial charge on any atom is -0.497 e. The van der Waals surface area contributed by atoms with Gasteiger partial charge in [0.25, 0.3) is 0 Å². The number of benzene rings is 2. The average molecular weight is 411 g/mol. The summed E-state index contributed by atoms with van der Waals surface area (Å²) >= 11 is 0. The SMILES string of the molecule is COc1ccc(C2CN(C)Cc3c2ccc(OCCCN2CCOCC2)c3C)cc1. The van der Waals surface area contributed by atoms with Crippen LogP contribution in [-0.4, -0.2) is 70.0 Å². The molecule has 0 aliphatic carbocycles. The van der Waals surface area contributed by atoms with Gasteiger partial charge in [-0.3, -0.25) is 4.90 Å². The predicted molar refractivity (Wildman–Crippen MR) is 120 cm³/mol. The van der Waals surface area contributed by atoms with Gasteiger partial charge in [-0.2, -0.15) is 0 Å². The second-order valence-corrected chi connectivity index (χ2v) is 8.44. The normalized spacial score (nSPS) is 20.0. The van der Waals surface area contributed by atoms with Crippen LogP contribution in [0, 0.1) is 6.92 Å². The molecule has 2 aliphatic heterocycles. The number of hydrogen-bond donors (Lipinski definition) is 0. The van der Waals surface area contributed by atoms with Crippen molar-refractivity contribution < 1.29 is 14.2 Å². The van der Waals surface area contributed by atoms with Crippen LogP contribution in [-0.2, 0) is 11.3 Å². The summed E-state index contributed by atoms with van der Waals surface area (Å²) < 4.78 is 17.0. The van der Waals surface area contributed by atoms with Crippen molar-refractivity contribution in [3.05, 3.63) is 58.7 Å². The molecule has 0 saturated carbocycles. The van der Waals surface area contributed by atoms with Crippen molar-refractivity contribution in [2.45, 2.75) is 25.8 Å². The first-order valence-corrected chi connectivity index (χ1v) is 11.0. The number of methoxy groups -OCH3 is 1. The van der Waals surface area contributed by atoms with Crippen molar-refractivity contribution in [1.29, 1.82) is 0 Å². The first-order valence-electron chi connectivity index (χ1n) is 11.0. The quantitative estimate of drug-likeness (QED) is 0.651. The zero-order valence-electron chi connectivity index (χ0n) is 18.5. The van der Waals surface area contributed by atoms with Crippen LogP contribution in [0.2, 0.25) is 0 Å². The lowest BCUT2D eigenvalue weighted by Gasteiger charge is -2.34. The van der Waals surface area contributed by atoms with E-state index in [0.29, 0.717) is 5.92 Å². The van der Waals surface area contributed by atoms with E-state index in [2.05, 4.69) is 60.2 Å². The summed E-state index contributed by atoms with van der Waals surface area (Å²) in [7, 11) is 3.92. The summed E-state index contributed by atoms with van der Waals surface area (Å²) in [6.07, 6.45) is 1.05. The molecule has 4 rings (SSSR count). The van der Waals surface area contributed by atoms with E-state index in [4.69, 9.17) is 14.2 Å². The van der Waals surface area contributed by atoms with Crippen molar-refractivity contribution in [3.63, 3.8) is 0 Å². The summed E-state index contributed by atoms with van der Waals surface area (Å²) in [6.45, 7) is 9.83. The summed E-state index contributed by atoms with van der Waals surface area (Å²) in [6, 6.07) is 13.0. The number of likely N-dealkylation sites (N-methyl/N-ethyl adjacent to an activating group) is 1. The van der Waals surface area contributed by atoms with Crippen LogP contribution < -0.4 is 9.47 Å². The molecule has 1 fully saturated rings. The second kappa shape index (κ2) is 9.82. The highest BCUT2D eigenvalue weighted by atomic mass is 16.5. The topological polar surface area (TPSA) is 34.2 Å². The van der Waals surface area contributed by atoms with Crippen molar-refractivity contribution >= 4 is 0 Å².